The summed E-state index contributed by atoms with van der Waals surface area (Å²) in [5.41, 5.74) is -0.568. The summed E-state index contributed by atoms with van der Waals surface area (Å²) >= 11 is 10.4. The van der Waals surface area contributed by atoms with Crippen molar-refractivity contribution in [1.29, 1.82) is 0 Å². The van der Waals surface area contributed by atoms with Crippen molar-refractivity contribution < 1.29 is 86.4 Å². The molecule has 0 aliphatic heterocycles. The fourth-order valence-corrected chi connectivity index (χ4v) is 2.46. The number of aliphatic hydroxyl groups is 1. The van der Waals surface area contributed by atoms with Gasteiger partial charge in [-0.1, -0.05) is 24.3 Å². The van der Waals surface area contributed by atoms with E-state index in [-0.39, 0.29) is 11.1 Å². The van der Waals surface area contributed by atoms with E-state index in [9.17, 15) is 71.9 Å². The fraction of sp³-hybridized carbons (Fsp3) is 0.360. The Morgan fingerprint density at radius 3 is 1.11 bits per heavy atom. The Morgan fingerprint density at radius 1 is 0.587 bits per heavy atom. The largest absolute Gasteiger partial charge is 0.455 e. The van der Waals surface area contributed by atoms with Crippen LogP contribution in [0.4, 0.5) is 52.7 Å². The molecule has 0 aliphatic rings. The van der Waals surface area contributed by atoms with Gasteiger partial charge in [0.15, 0.2) is 13.2 Å². The number of benzene rings is 2. The highest BCUT2D eigenvalue weighted by Crippen LogP contribution is 2.25. The van der Waals surface area contributed by atoms with Gasteiger partial charge in [-0.3, -0.25) is 9.59 Å². The fourth-order valence-electron chi connectivity index (χ4n) is 2.22. The van der Waals surface area contributed by atoms with Crippen LogP contribution < -0.4 is 0 Å². The number of aliphatic hydroxyl groups excluding tert-OH is 1. The molecule has 0 aliphatic carbocycles. The van der Waals surface area contributed by atoms with Crippen molar-refractivity contribution in [2.75, 3.05) is 19.8 Å². The monoisotopic (exact) mass is 728 g/mol. The lowest BCUT2D eigenvalue weighted by Gasteiger charge is -2.16. The van der Waals surface area contributed by atoms with Gasteiger partial charge in [0.1, 0.15) is 6.61 Å². The van der Waals surface area contributed by atoms with Gasteiger partial charge in [0, 0.05) is 11.1 Å². The van der Waals surface area contributed by atoms with Gasteiger partial charge in [-0.15, -0.1) is 0 Å². The first-order chi connectivity index (χ1) is 21.0. The highest BCUT2D eigenvalue weighted by atomic mass is 35.5. The lowest BCUT2D eigenvalue weighted by molar-refractivity contribution is -0.155. The van der Waals surface area contributed by atoms with Crippen LogP contribution in [0.2, 0.25) is 0 Å². The Morgan fingerprint density at radius 2 is 0.870 bits per heavy atom. The van der Waals surface area contributed by atoms with E-state index in [1.165, 1.54) is 18.2 Å². The molecule has 0 heterocycles. The van der Waals surface area contributed by atoms with Gasteiger partial charge in [0.25, 0.3) is 10.5 Å². The first-order valence-electron chi connectivity index (χ1n) is 11.5. The third-order valence-corrected chi connectivity index (χ3v) is 5.05. The molecule has 0 bridgehead atoms. The SMILES string of the molecule is O=C(Cl)c1cccc(C(=O)Cl)c1.O=C(OCC(F)(F)C(F)F)c1cccc(C(=O)OCC(F)(F)C(F)F)c1.OCC(F)(F)C(F)F. The first-order valence-corrected chi connectivity index (χ1v) is 12.3. The molecule has 0 fully saturated rings. The molecule has 7 nitrogen and oxygen atoms in total. The number of ether oxygens (including phenoxy) is 2. The molecule has 258 valence electrons. The average Bonchev–Trinajstić information content (AvgIpc) is 2.99. The number of carbonyl (C=O) groups excluding carboxylic acids is 4. The van der Waals surface area contributed by atoms with Crippen molar-refractivity contribution in [2.24, 2.45) is 0 Å². The molecule has 0 unspecified atom stereocenters. The Labute approximate surface area is 260 Å². The lowest BCUT2D eigenvalue weighted by Crippen LogP contribution is -2.33. The van der Waals surface area contributed by atoms with Crippen LogP contribution >= 0.6 is 23.2 Å². The predicted octanol–water partition coefficient (Wildman–Crippen LogP) is 7.12. The van der Waals surface area contributed by atoms with Crippen LogP contribution in [0.25, 0.3) is 0 Å². The third-order valence-electron chi connectivity index (χ3n) is 4.61. The van der Waals surface area contributed by atoms with Gasteiger partial charge in [0.2, 0.25) is 0 Å². The molecule has 0 saturated carbocycles. The quantitative estimate of drug-likeness (QED) is 0.141. The zero-order valence-electron chi connectivity index (χ0n) is 22.2. The van der Waals surface area contributed by atoms with Crippen molar-refractivity contribution in [3.63, 3.8) is 0 Å². The summed E-state index contributed by atoms with van der Waals surface area (Å²) in [6.07, 6.45) is -11.9. The molecule has 0 amide bonds. The van der Waals surface area contributed by atoms with Gasteiger partial charge in [0.05, 0.1) is 11.1 Å². The van der Waals surface area contributed by atoms with Crippen LogP contribution in [-0.2, 0) is 9.47 Å². The molecule has 2 rings (SSSR count). The topological polar surface area (TPSA) is 107 Å². The van der Waals surface area contributed by atoms with Crippen molar-refractivity contribution >= 4 is 45.6 Å². The van der Waals surface area contributed by atoms with Gasteiger partial charge >= 0.3 is 49.0 Å². The molecule has 1 N–H and O–H groups in total. The summed E-state index contributed by atoms with van der Waals surface area (Å²) in [6.45, 7) is -5.66. The molecular formula is C25H18Cl2F12O7. The first kappa shape index (κ1) is 42.4. The van der Waals surface area contributed by atoms with E-state index in [1.807, 2.05) is 0 Å². The van der Waals surface area contributed by atoms with Crippen molar-refractivity contribution in [3.05, 3.63) is 70.8 Å². The molecule has 2 aromatic carbocycles. The molecule has 0 radical (unpaired) electrons. The molecule has 21 heteroatoms. The van der Waals surface area contributed by atoms with E-state index >= 15 is 0 Å². The summed E-state index contributed by atoms with van der Waals surface area (Å²) in [6, 6.07) is 9.50. The predicted molar refractivity (Wildman–Crippen MR) is 134 cm³/mol. The van der Waals surface area contributed by atoms with Crippen molar-refractivity contribution in [3.8, 4) is 0 Å². The smallest absolute Gasteiger partial charge is 0.340 e. The van der Waals surface area contributed by atoms with Crippen LogP contribution in [0, 0.1) is 0 Å². The average molecular weight is 729 g/mol. The highest BCUT2D eigenvalue weighted by molar-refractivity contribution is 6.69. The number of halogens is 14. The van der Waals surface area contributed by atoms with E-state index in [1.54, 1.807) is 6.07 Å². The second-order valence-electron chi connectivity index (χ2n) is 8.20. The number of hydrogen-bond acceptors (Lipinski definition) is 7. The zero-order chi connectivity index (χ0) is 36.0. The second kappa shape index (κ2) is 18.5. The minimum Gasteiger partial charge on any atom is -0.455 e. The van der Waals surface area contributed by atoms with E-state index < -0.39 is 90.4 Å². The van der Waals surface area contributed by atoms with Crippen LogP contribution in [0.5, 0.6) is 0 Å². The molecule has 0 aromatic heterocycles. The van der Waals surface area contributed by atoms with Crippen molar-refractivity contribution in [2.45, 2.75) is 37.0 Å². The maximum absolute atomic E-state index is 12.7. The number of esters is 2. The van der Waals surface area contributed by atoms with E-state index in [2.05, 4.69) is 9.47 Å². The summed E-state index contributed by atoms with van der Waals surface area (Å²) in [5, 5.41) is 6.33. The van der Waals surface area contributed by atoms with Gasteiger partial charge < -0.3 is 14.6 Å². The Bertz CT molecular complexity index is 1250. The second-order valence-corrected chi connectivity index (χ2v) is 8.89. The van der Waals surface area contributed by atoms with E-state index in [0.717, 1.165) is 18.2 Å². The Kier molecular flexibility index (Phi) is 17.1. The maximum atomic E-state index is 12.7. The minimum absolute atomic E-state index is 0.267. The zero-order valence-corrected chi connectivity index (χ0v) is 23.7. The van der Waals surface area contributed by atoms with E-state index in [4.69, 9.17) is 28.3 Å². The van der Waals surface area contributed by atoms with Crippen LogP contribution in [-0.4, -0.2) is 84.4 Å². The molecule has 0 saturated heterocycles. The standard InChI is InChI=1S/C14H10F8O4.C8H4Cl2O2.C3H4F4O/c15-11(16)13(19,20)5-25-9(23)7-2-1-3-8(4-7)10(24)26-6-14(21,22)12(17)18;9-7(11)5-2-1-3-6(4-5)8(10)12;4-2(5)3(6,7)1-8/h1-4,11-12H,5-6H2;1-4H;2,8H,1H2. The summed E-state index contributed by atoms with van der Waals surface area (Å²) in [7, 11) is 0. The number of rotatable bonds is 12. The Hall–Kier alpha value is -3.58. The van der Waals surface area contributed by atoms with Gasteiger partial charge in [-0.25, -0.2) is 35.9 Å². The molecule has 0 spiro atoms. The maximum Gasteiger partial charge on any atom is 0.340 e. The van der Waals surface area contributed by atoms with Crippen molar-refractivity contribution in [1.82, 2.24) is 0 Å². The lowest BCUT2D eigenvalue weighted by atomic mass is 10.1. The number of carbonyl (C=O) groups is 4. The summed E-state index contributed by atoms with van der Waals surface area (Å²) in [4.78, 5) is 44.3. The normalized spacial score (nSPS) is 11.7. The van der Waals surface area contributed by atoms with Crippen LogP contribution in [0.1, 0.15) is 41.4 Å². The third kappa shape index (κ3) is 14.7. The molecule has 46 heavy (non-hydrogen) atoms. The van der Waals surface area contributed by atoms with E-state index in [0.29, 0.717) is 6.07 Å². The minimum atomic E-state index is -4.59. The molecule has 0 atom stereocenters. The number of hydrogen-bond donors (Lipinski definition) is 1. The number of alkyl halides is 12. The highest BCUT2D eigenvalue weighted by Gasteiger charge is 2.43. The summed E-state index contributed by atoms with van der Waals surface area (Å²) < 4.78 is 151. The molecule has 2 aromatic rings. The van der Waals surface area contributed by atoms with Gasteiger partial charge in [-0.05, 0) is 47.5 Å². The molecular weight excluding hydrogens is 711 g/mol. The van der Waals surface area contributed by atoms with Crippen LogP contribution in [0.15, 0.2) is 48.5 Å². The Balaban J connectivity index is 0.000000827. The van der Waals surface area contributed by atoms with Crippen LogP contribution in [0.3, 0.4) is 0 Å². The summed E-state index contributed by atoms with van der Waals surface area (Å²) in [5.74, 6) is -16.4. The van der Waals surface area contributed by atoms with Gasteiger partial charge in [-0.2, -0.15) is 26.3 Å².